The number of hydrogen-bond donors (Lipinski definition) is 0. The first kappa shape index (κ1) is 15.5. The van der Waals surface area contributed by atoms with Crippen molar-refractivity contribution in [3.63, 3.8) is 0 Å². The van der Waals surface area contributed by atoms with Gasteiger partial charge in [0.05, 0.1) is 12.7 Å². The molecule has 0 aromatic heterocycles. The number of rotatable bonds is 0. The Labute approximate surface area is 113 Å². The van der Waals surface area contributed by atoms with Gasteiger partial charge < -0.3 is 4.74 Å². The molecule has 18 heavy (non-hydrogen) atoms. The van der Waals surface area contributed by atoms with E-state index >= 15 is 0 Å². The van der Waals surface area contributed by atoms with Crippen LogP contribution in [0.15, 0.2) is 23.3 Å². The summed E-state index contributed by atoms with van der Waals surface area (Å²) in [4.78, 5) is 0. The third kappa shape index (κ3) is 4.97. The molecule has 1 aliphatic heterocycles. The van der Waals surface area contributed by atoms with E-state index in [1.54, 1.807) is 0 Å². The topological polar surface area (TPSA) is 9.23 Å². The lowest BCUT2D eigenvalue weighted by atomic mass is 9.82. The van der Waals surface area contributed by atoms with Crippen LogP contribution < -0.4 is 0 Å². The second-order valence-electron chi connectivity index (χ2n) is 6.73. The first-order chi connectivity index (χ1) is 8.32. The van der Waals surface area contributed by atoms with Gasteiger partial charge in [0.25, 0.3) is 0 Å². The Bertz CT molecular complexity index is 323. The standard InChI is InChI=1S/C17H30O/c1-13-9-11-17(5,6)10-7-8-14(2)16(4)18-12-15(13)3/h7-8,14,16H,9-12H2,1-6H3/b8-7-,15-13-/t14-,16-/m1/s1. The third-order valence-electron chi connectivity index (χ3n) is 4.32. The molecular formula is C17H30O. The summed E-state index contributed by atoms with van der Waals surface area (Å²) in [5.74, 6) is 0.494. The van der Waals surface area contributed by atoms with Crippen molar-refractivity contribution >= 4 is 0 Å². The number of allylic oxidation sites excluding steroid dienone is 2. The van der Waals surface area contributed by atoms with Gasteiger partial charge >= 0.3 is 0 Å². The minimum atomic E-state index is 0.298. The smallest absolute Gasteiger partial charge is 0.0680 e. The minimum Gasteiger partial charge on any atom is -0.374 e. The number of ether oxygens (including phenoxy) is 1. The minimum absolute atomic E-state index is 0.298. The molecule has 2 atom stereocenters. The largest absolute Gasteiger partial charge is 0.374 e. The Morgan fingerprint density at radius 2 is 1.83 bits per heavy atom. The molecule has 1 heteroatoms. The Balaban J connectivity index is 2.82. The van der Waals surface area contributed by atoms with Crippen LogP contribution in [0.1, 0.15) is 60.8 Å². The summed E-state index contributed by atoms with van der Waals surface area (Å²) in [5.41, 5.74) is 3.32. The average molecular weight is 250 g/mol. The van der Waals surface area contributed by atoms with Crippen molar-refractivity contribution in [3.05, 3.63) is 23.3 Å². The van der Waals surface area contributed by atoms with Gasteiger partial charge in [0.1, 0.15) is 0 Å². The molecule has 0 aromatic carbocycles. The summed E-state index contributed by atoms with van der Waals surface area (Å²) in [6.45, 7) is 14.4. The van der Waals surface area contributed by atoms with Crippen molar-refractivity contribution in [2.75, 3.05) is 6.61 Å². The molecule has 0 saturated heterocycles. The molecule has 1 heterocycles. The van der Waals surface area contributed by atoms with Crippen molar-refractivity contribution in [2.24, 2.45) is 11.3 Å². The summed E-state index contributed by atoms with van der Waals surface area (Å²) in [7, 11) is 0. The quantitative estimate of drug-likeness (QED) is 0.541. The van der Waals surface area contributed by atoms with Crippen LogP contribution in [0.2, 0.25) is 0 Å². The van der Waals surface area contributed by atoms with Gasteiger partial charge in [-0.2, -0.15) is 0 Å². The first-order valence-corrected chi connectivity index (χ1v) is 7.25. The van der Waals surface area contributed by atoms with Crippen molar-refractivity contribution < 1.29 is 4.74 Å². The molecule has 0 unspecified atom stereocenters. The molecule has 0 aromatic rings. The molecule has 0 fully saturated rings. The molecule has 1 rings (SSSR count). The molecule has 104 valence electrons. The number of hydrogen-bond acceptors (Lipinski definition) is 1. The van der Waals surface area contributed by atoms with E-state index in [2.05, 4.69) is 53.7 Å². The molecule has 1 nitrogen and oxygen atoms in total. The molecule has 0 N–H and O–H groups in total. The van der Waals surface area contributed by atoms with Gasteiger partial charge in [-0.05, 0) is 56.9 Å². The van der Waals surface area contributed by atoms with E-state index in [0.29, 0.717) is 17.4 Å². The van der Waals surface area contributed by atoms with Crippen LogP contribution >= 0.6 is 0 Å². The Morgan fingerprint density at radius 3 is 2.50 bits per heavy atom. The lowest BCUT2D eigenvalue weighted by molar-refractivity contribution is 0.0579. The normalized spacial score (nSPS) is 36.6. The zero-order valence-electron chi connectivity index (χ0n) is 13.0. The summed E-state index contributed by atoms with van der Waals surface area (Å²) in [6, 6.07) is 0. The highest BCUT2D eigenvalue weighted by atomic mass is 16.5. The predicted octanol–water partition coefficient (Wildman–Crippen LogP) is 5.13. The summed E-state index contributed by atoms with van der Waals surface area (Å²) in [5, 5.41) is 0. The zero-order valence-corrected chi connectivity index (χ0v) is 13.0. The Hall–Kier alpha value is -0.560. The molecule has 0 amide bonds. The van der Waals surface area contributed by atoms with Gasteiger partial charge in [-0.15, -0.1) is 0 Å². The fourth-order valence-corrected chi connectivity index (χ4v) is 2.13. The monoisotopic (exact) mass is 250 g/mol. The van der Waals surface area contributed by atoms with Gasteiger partial charge in [-0.1, -0.05) is 38.5 Å². The van der Waals surface area contributed by atoms with Crippen LogP contribution in [-0.2, 0) is 4.74 Å². The van der Waals surface area contributed by atoms with Gasteiger partial charge in [-0.25, -0.2) is 0 Å². The maximum absolute atomic E-state index is 5.95. The van der Waals surface area contributed by atoms with Gasteiger partial charge in [0.2, 0.25) is 0 Å². The Morgan fingerprint density at radius 1 is 1.17 bits per heavy atom. The maximum Gasteiger partial charge on any atom is 0.0680 e. The van der Waals surface area contributed by atoms with E-state index in [4.69, 9.17) is 4.74 Å². The van der Waals surface area contributed by atoms with Crippen molar-refractivity contribution in [1.29, 1.82) is 0 Å². The molecule has 1 aliphatic rings. The average Bonchev–Trinajstić information content (AvgIpc) is 2.31. The van der Waals surface area contributed by atoms with Crippen molar-refractivity contribution in [1.82, 2.24) is 0 Å². The zero-order chi connectivity index (χ0) is 13.8. The lowest BCUT2D eigenvalue weighted by Crippen LogP contribution is -2.19. The van der Waals surface area contributed by atoms with Gasteiger partial charge in [-0.3, -0.25) is 0 Å². The van der Waals surface area contributed by atoms with Crippen LogP contribution in [0, 0.1) is 11.3 Å². The van der Waals surface area contributed by atoms with Gasteiger partial charge in [0.15, 0.2) is 0 Å². The maximum atomic E-state index is 5.95. The van der Waals surface area contributed by atoms with Crippen molar-refractivity contribution in [3.8, 4) is 0 Å². The fraction of sp³-hybridized carbons (Fsp3) is 0.765. The lowest BCUT2D eigenvalue weighted by Gasteiger charge is -2.25. The Kier molecular flexibility index (Phi) is 5.65. The van der Waals surface area contributed by atoms with E-state index in [1.807, 2.05) is 0 Å². The third-order valence-corrected chi connectivity index (χ3v) is 4.32. The van der Waals surface area contributed by atoms with Crippen molar-refractivity contribution in [2.45, 2.75) is 66.9 Å². The van der Waals surface area contributed by atoms with E-state index in [0.717, 1.165) is 13.0 Å². The molecule has 0 aliphatic carbocycles. The van der Waals surface area contributed by atoms with E-state index in [-0.39, 0.29) is 0 Å². The van der Waals surface area contributed by atoms with Gasteiger partial charge in [0, 0.05) is 0 Å². The van der Waals surface area contributed by atoms with E-state index < -0.39 is 0 Å². The highest BCUT2D eigenvalue weighted by molar-refractivity contribution is 5.11. The van der Waals surface area contributed by atoms with E-state index in [9.17, 15) is 0 Å². The highest BCUT2D eigenvalue weighted by Crippen LogP contribution is 2.30. The van der Waals surface area contributed by atoms with E-state index in [1.165, 1.54) is 24.0 Å². The molecule has 0 spiro atoms. The van der Waals surface area contributed by atoms with Crippen LogP contribution in [0.4, 0.5) is 0 Å². The molecule has 0 bridgehead atoms. The highest BCUT2D eigenvalue weighted by Gasteiger charge is 2.18. The van der Waals surface area contributed by atoms with Crippen LogP contribution in [0.5, 0.6) is 0 Å². The molecule has 0 saturated carbocycles. The predicted molar refractivity (Wildman–Crippen MR) is 79.7 cm³/mol. The first-order valence-electron chi connectivity index (χ1n) is 7.25. The SMILES string of the molecule is C/C1=C(\C)CO[C@H](C)[C@H](C)/C=C\CC(C)(C)CC1. The van der Waals surface area contributed by atoms with Crippen LogP contribution in [0.3, 0.4) is 0 Å². The molecule has 0 radical (unpaired) electrons. The summed E-state index contributed by atoms with van der Waals surface area (Å²) < 4.78 is 5.95. The second kappa shape index (κ2) is 6.56. The van der Waals surface area contributed by atoms with Crippen LogP contribution in [-0.4, -0.2) is 12.7 Å². The molecular weight excluding hydrogens is 220 g/mol. The summed E-state index contributed by atoms with van der Waals surface area (Å²) >= 11 is 0. The fourth-order valence-electron chi connectivity index (χ4n) is 2.13. The van der Waals surface area contributed by atoms with Crippen LogP contribution in [0.25, 0.3) is 0 Å². The summed E-state index contributed by atoms with van der Waals surface area (Å²) in [6.07, 6.45) is 8.57. The second-order valence-corrected chi connectivity index (χ2v) is 6.73.